The van der Waals surface area contributed by atoms with Gasteiger partial charge in [-0.2, -0.15) is 5.26 Å². The summed E-state index contributed by atoms with van der Waals surface area (Å²) in [4.78, 5) is 34.5. The monoisotopic (exact) mass is 513 g/mol. The SMILES string of the molecule is CCOc1cc(CN2CCc3c(cc(CCN(C)CC)cc3-c3cn(C)c(=O)cc3C)C2=O)ncc1C#N. The lowest BCUT2D eigenvalue weighted by atomic mass is 9.86. The summed E-state index contributed by atoms with van der Waals surface area (Å²) in [5, 5.41) is 9.34. The molecule has 2 aromatic heterocycles. The van der Waals surface area contributed by atoms with Crippen molar-refractivity contribution in [2.45, 2.75) is 40.2 Å². The van der Waals surface area contributed by atoms with Crippen molar-refractivity contribution in [1.82, 2.24) is 19.4 Å². The van der Waals surface area contributed by atoms with E-state index in [1.165, 1.54) is 6.20 Å². The molecular formula is C30H35N5O3. The third-order valence-electron chi connectivity index (χ3n) is 7.20. The number of aryl methyl sites for hydroxylation is 2. The van der Waals surface area contributed by atoms with Crippen LogP contribution in [0, 0.1) is 18.3 Å². The average Bonchev–Trinajstić information content (AvgIpc) is 2.91. The smallest absolute Gasteiger partial charge is 0.254 e. The van der Waals surface area contributed by atoms with Crippen LogP contribution in [0.1, 0.15) is 52.2 Å². The molecule has 1 amide bonds. The van der Waals surface area contributed by atoms with Gasteiger partial charge in [-0.25, -0.2) is 0 Å². The largest absolute Gasteiger partial charge is 0.492 e. The highest BCUT2D eigenvalue weighted by Gasteiger charge is 2.28. The van der Waals surface area contributed by atoms with Gasteiger partial charge in [0.05, 0.1) is 18.8 Å². The van der Waals surface area contributed by atoms with E-state index in [-0.39, 0.29) is 11.5 Å². The fourth-order valence-electron chi connectivity index (χ4n) is 4.85. The highest BCUT2D eigenvalue weighted by molar-refractivity contribution is 5.99. The van der Waals surface area contributed by atoms with Crippen molar-refractivity contribution < 1.29 is 9.53 Å². The molecule has 0 radical (unpaired) electrons. The number of aromatic nitrogens is 2. The summed E-state index contributed by atoms with van der Waals surface area (Å²) in [5.74, 6) is 0.449. The minimum absolute atomic E-state index is 0.0372. The van der Waals surface area contributed by atoms with E-state index in [2.05, 4.69) is 36.0 Å². The second-order valence-corrected chi connectivity index (χ2v) is 9.83. The molecule has 4 rings (SSSR count). The summed E-state index contributed by atoms with van der Waals surface area (Å²) in [7, 11) is 3.84. The highest BCUT2D eigenvalue weighted by atomic mass is 16.5. The molecule has 3 aromatic rings. The molecule has 0 fully saturated rings. The van der Waals surface area contributed by atoms with Crippen LogP contribution < -0.4 is 10.3 Å². The lowest BCUT2D eigenvalue weighted by Gasteiger charge is -2.31. The number of amides is 1. The number of pyridine rings is 2. The Morgan fingerprint density at radius 1 is 1.13 bits per heavy atom. The molecule has 0 aliphatic carbocycles. The van der Waals surface area contributed by atoms with Crippen LogP contribution in [-0.2, 0) is 26.4 Å². The number of nitriles is 1. The van der Waals surface area contributed by atoms with Gasteiger partial charge in [-0.05, 0) is 68.6 Å². The van der Waals surface area contributed by atoms with Gasteiger partial charge in [0, 0.05) is 55.8 Å². The van der Waals surface area contributed by atoms with Crippen LogP contribution in [0.2, 0.25) is 0 Å². The van der Waals surface area contributed by atoms with Crippen LogP contribution in [0.4, 0.5) is 0 Å². The number of carbonyl (C=O) groups excluding carboxylic acids is 1. The lowest BCUT2D eigenvalue weighted by molar-refractivity contribution is 0.0724. The molecule has 3 heterocycles. The molecule has 1 aromatic carbocycles. The average molecular weight is 514 g/mol. The van der Waals surface area contributed by atoms with E-state index in [4.69, 9.17) is 4.74 Å². The number of hydrogen-bond acceptors (Lipinski definition) is 6. The minimum Gasteiger partial charge on any atom is -0.492 e. The van der Waals surface area contributed by atoms with E-state index in [0.717, 1.165) is 47.3 Å². The summed E-state index contributed by atoms with van der Waals surface area (Å²) >= 11 is 0. The Bertz CT molecular complexity index is 1450. The minimum atomic E-state index is -0.0515. The number of nitrogens with zero attached hydrogens (tertiary/aromatic N) is 5. The summed E-state index contributed by atoms with van der Waals surface area (Å²) in [6, 6.07) is 9.73. The summed E-state index contributed by atoms with van der Waals surface area (Å²) in [5.41, 5.74) is 6.72. The number of rotatable bonds is 9. The zero-order chi connectivity index (χ0) is 27.4. The zero-order valence-corrected chi connectivity index (χ0v) is 22.9. The molecular weight excluding hydrogens is 478 g/mol. The first-order chi connectivity index (χ1) is 18.2. The Balaban J connectivity index is 1.73. The van der Waals surface area contributed by atoms with Crippen LogP contribution in [0.5, 0.6) is 5.75 Å². The number of fused-ring (bicyclic) bond motifs is 1. The molecule has 0 unspecified atom stereocenters. The Morgan fingerprint density at radius 3 is 2.61 bits per heavy atom. The van der Waals surface area contributed by atoms with Gasteiger partial charge in [0.15, 0.2) is 0 Å². The molecule has 0 N–H and O–H groups in total. The Kier molecular flexibility index (Phi) is 8.28. The Morgan fingerprint density at radius 2 is 1.89 bits per heavy atom. The molecule has 38 heavy (non-hydrogen) atoms. The summed E-state index contributed by atoms with van der Waals surface area (Å²) in [6.45, 7) is 9.10. The standard InChI is InChI=1S/C30H35N5O3/c1-6-33(4)10-8-21-13-25(27-19-34(5)29(36)12-20(27)3)24-9-11-35(30(37)26(24)14-21)18-23-15-28(38-7-2)22(16-31)17-32-23/h12-15,17,19H,6-11,18H2,1-5H3. The van der Waals surface area contributed by atoms with Gasteiger partial charge >= 0.3 is 0 Å². The second-order valence-electron chi connectivity index (χ2n) is 9.83. The van der Waals surface area contributed by atoms with E-state index in [0.29, 0.717) is 48.7 Å². The van der Waals surface area contributed by atoms with E-state index in [1.807, 2.05) is 31.0 Å². The first-order valence-corrected chi connectivity index (χ1v) is 13.1. The van der Waals surface area contributed by atoms with Crippen molar-refractivity contribution in [2.24, 2.45) is 7.05 Å². The molecule has 8 heteroatoms. The first-order valence-electron chi connectivity index (χ1n) is 13.1. The predicted molar refractivity (Wildman–Crippen MR) is 147 cm³/mol. The van der Waals surface area contributed by atoms with Gasteiger partial charge in [-0.15, -0.1) is 0 Å². The van der Waals surface area contributed by atoms with Crippen LogP contribution >= 0.6 is 0 Å². The van der Waals surface area contributed by atoms with Crippen LogP contribution in [0.25, 0.3) is 11.1 Å². The molecule has 0 bridgehead atoms. The maximum absolute atomic E-state index is 13.8. The van der Waals surface area contributed by atoms with Crippen molar-refractivity contribution in [3.8, 4) is 22.9 Å². The number of carbonyl (C=O) groups is 1. The fourth-order valence-corrected chi connectivity index (χ4v) is 4.85. The molecule has 0 atom stereocenters. The normalized spacial score (nSPS) is 13.0. The number of hydrogen-bond donors (Lipinski definition) is 0. The molecule has 1 aliphatic heterocycles. The number of likely N-dealkylation sites (N-methyl/N-ethyl adjacent to an activating group) is 1. The van der Waals surface area contributed by atoms with E-state index >= 15 is 0 Å². The van der Waals surface area contributed by atoms with Crippen molar-refractivity contribution in [3.05, 3.63) is 80.5 Å². The Hall–Kier alpha value is -3.96. The van der Waals surface area contributed by atoms with E-state index < -0.39 is 0 Å². The zero-order valence-electron chi connectivity index (χ0n) is 22.9. The van der Waals surface area contributed by atoms with Crippen LogP contribution in [0.15, 0.2) is 41.5 Å². The molecule has 0 saturated carbocycles. The number of ether oxygens (including phenoxy) is 1. The van der Waals surface area contributed by atoms with Crippen molar-refractivity contribution in [3.63, 3.8) is 0 Å². The van der Waals surface area contributed by atoms with Gasteiger partial charge in [0.1, 0.15) is 17.4 Å². The molecule has 0 saturated heterocycles. The van der Waals surface area contributed by atoms with Crippen LogP contribution in [-0.4, -0.2) is 58.5 Å². The van der Waals surface area contributed by atoms with Crippen molar-refractivity contribution in [1.29, 1.82) is 5.26 Å². The third kappa shape index (κ3) is 5.63. The summed E-state index contributed by atoms with van der Waals surface area (Å²) < 4.78 is 7.20. The molecule has 1 aliphatic rings. The highest BCUT2D eigenvalue weighted by Crippen LogP contribution is 2.34. The fraction of sp³-hybridized carbons (Fsp3) is 0.400. The van der Waals surface area contributed by atoms with E-state index in [9.17, 15) is 14.9 Å². The van der Waals surface area contributed by atoms with Gasteiger partial charge in [0.2, 0.25) is 0 Å². The second kappa shape index (κ2) is 11.6. The molecule has 0 spiro atoms. The van der Waals surface area contributed by atoms with Gasteiger partial charge in [-0.3, -0.25) is 14.6 Å². The predicted octanol–water partition coefficient (Wildman–Crippen LogP) is 3.72. The third-order valence-corrected chi connectivity index (χ3v) is 7.20. The lowest BCUT2D eigenvalue weighted by Crippen LogP contribution is -2.37. The Labute approximate surface area is 224 Å². The molecule has 8 nitrogen and oxygen atoms in total. The van der Waals surface area contributed by atoms with Crippen molar-refractivity contribution >= 4 is 5.91 Å². The van der Waals surface area contributed by atoms with Gasteiger partial charge in [-0.1, -0.05) is 13.0 Å². The van der Waals surface area contributed by atoms with E-state index in [1.54, 1.807) is 23.7 Å². The quantitative estimate of drug-likeness (QED) is 0.433. The van der Waals surface area contributed by atoms with Crippen LogP contribution in [0.3, 0.4) is 0 Å². The van der Waals surface area contributed by atoms with Gasteiger partial charge < -0.3 is 19.1 Å². The van der Waals surface area contributed by atoms with Gasteiger partial charge in [0.25, 0.3) is 11.5 Å². The van der Waals surface area contributed by atoms with Crippen molar-refractivity contribution in [2.75, 3.05) is 33.3 Å². The molecule has 198 valence electrons. The number of benzene rings is 1. The summed E-state index contributed by atoms with van der Waals surface area (Å²) in [6.07, 6.45) is 4.90. The first kappa shape index (κ1) is 27.1. The topological polar surface area (TPSA) is 91.5 Å². The maximum atomic E-state index is 13.8. The maximum Gasteiger partial charge on any atom is 0.254 e.